The summed E-state index contributed by atoms with van der Waals surface area (Å²) in [5.41, 5.74) is 3.27. The van der Waals surface area contributed by atoms with E-state index in [0.717, 1.165) is 17.1 Å². The van der Waals surface area contributed by atoms with Crippen molar-refractivity contribution in [2.75, 3.05) is 7.05 Å². The smallest absolute Gasteiger partial charge is 0.227 e. The van der Waals surface area contributed by atoms with Gasteiger partial charge in [-0.3, -0.25) is 9.59 Å². The summed E-state index contributed by atoms with van der Waals surface area (Å²) < 4.78 is 1.95. The quantitative estimate of drug-likeness (QED) is 0.725. The minimum Gasteiger partial charge on any atom is -0.382 e. The van der Waals surface area contributed by atoms with Crippen molar-refractivity contribution in [1.29, 1.82) is 0 Å². The third kappa shape index (κ3) is 2.57. The van der Waals surface area contributed by atoms with E-state index in [2.05, 4.69) is 15.6 Å². The van der Waals surface area contributed by atoms with Gasteiger partial charge in [-0.05, 0) is 12.5 Å². The molecule has 0 saturated carbocycles. The molecule has 0 fully saturated rings. The summed E-state index contributed by atoms with van der Waals surface area (Å²) in [5.74, 6) is -0.507. The van der Waals surface area contributed by atoms with Gasteiger partial charge in [0.05, 0.1) is 17.7 Å². The van der Waals surface area contributed by atoms with Crippen molar-refractivity contribution in [3.8, 4) is 0 Å². The van der Waals surface area contributed by atoms with Crippen molar-refractivity contribution in [1.82, 2.24) is 20.2 Å². The van der Waals surface area contributed by atoms with E-state index < -0.39 is 23.8 Å². The molecule has 7 heteroatoms. The number of hydrogen-bond donors (Lipinski definition) is 3. The minimum atomic E-state index is -1.26. The molecule has 1 aromatic carbocycles. The molecule has 7 nitrogen and oxygen atoms in total. The Morgan fingerprint density at radius 3 is 2.70 bits per heavy atom. The summed E-state index contributed by atoms with van der Waals surface area (Å²) in [7, 11) is 3.46. The predicted molar refractivity (Wildman–Crippen MR) is 99.5 cm³/mol. The molecule has 3 N–H and O–H groups in total. The highest BCUT2D eigenvalue weighted by Gasteiger charge is 2.45. The number of ketones is 1. The number of benzene rings is 1. The molecule has 4 rings (SSSR count). The standard InChI is InChI=1S/C20H22N4O3/c1-10-22-16-13(24(10)3)9-12(20(27)21-2)14-17(16)23-15(19(26)18(14)25)11-7-5-4-6-8-11/h4-8,12,15,19,23,26H,9H2,1-3H3,(H,21,27)/t12?,15-,19-/m1/s1. The molecule has 0 bridgehead atoms. The number of amides is 1. The van der Waals surface area contributed by atoms with E-state index in [0.29, 0.717) is 23.4 Å². The number of fused-ring (bicyclic) bond motifs is 2. The number of imidazole rings is 1. The van der Waals surface area contributed by atoms with Crippen LogP contribution in [-0.2, 0) is 23.1 Å². The number of carbonyl (C=O) groups excluding carboxylic acids is 2. The maximum atomic E-state index is 13.1. The van der Waals surface area contributed by atoms with E-state index in [1.165, 1.54) is 0 Å². The number of aliphatic hydroxyl groups excluding tert-OH is 1. The normalized spacial score (nSPS) is 24.1. The number of nitrogens with zero attached hydrogens (tertiary/aromatic N) is 2. The zero-order chi connectivity index (χ0) is 19.3. The predicted octanol–water partition coefficient (Wildman–Crippen LogP) is 0.632. The SMILES string of the molecule is CNC(=O)C1Cc2c(nc(C)n2C)C2=C1C(=O)[C@H](O)[C@@H](c1ccccc1)N2. The minimum absolute atomic E-state index is 0.243. The molecule has 1 unspecified atom stereocenters. The zero-order valence-corrected chi connectivity index (χ0v) is 15.5. The highest BCUT2D eigenvalue weighted by Crippen LogP contribution is 2.40. The van der Waals surface area contributed by atoms with Crippen molar-refractivity contribution in [3.63, 3.8) is 0 Å². The van der Waals surface area contributed by atoms with Gasteiger partial charge in [-0.25, -0.2) is 4.98 Å². The molecule has 0 spiro atoms. The summed E-state index contributed by atoms with van der Waals surface area (Å²) in [6, 6.07) is 8.75. The van der Waals surface area contributed by atoms with Crippen molar-refractivity contribution in [2.45, 2.75) is 25.5 Å². The van der Waals surface area contributed by atoms with Crippen LogP contribution in [0.4, 0.5) is 0 Å². The maximum absolute atomic E-state index is 13.1. The van der Waals surface area contributed by atoms with E-state index in [9.17, 15) is 14.7 Å². The fraction of sp³-hybridized carbons (Fsp3) is 0.350. The van der Waals surface area contributed by atoms with E-state index >= 15 is 0 Å². The number of Topliss-reactive ketones (excluding diaryl/α,β-unsaturated/α-hetero) is 1. The fourth-order valence-electron chi connectivity index (χ4n) is 4.00. The van der Waals surface area contributed by atoms with Crippen molar-refractivity contribution < 1.29 is 14.7 Å². The number of aryl methyl sites for hydroxylation is 1. The van der Waals surface area contributed by atoms with Gasteiger partial charge < -0.3 is 20.3 Å². The van der Waals surface area contributed by atoms with Gasteiger partial charge >= 0.3 is 0 Å². The molecule has 1 amide bonds. The summed E-state index contributed by atoms with van der Waals surface area (Å²) in [6.45, 7) is 1.89. The second-order valence-corrected chi connectivity index (χ2v) is 7.01. The van der Waals surface area contributed by atoms with Crippen molar-refractivity contribution in [2.24, 2.45) is 13.0 Å². The fourth-order valence-corrected chi connectivity index (χ4v) is 4.00. The Bertz CT molecular complexity index is 961. The zero-order valence-electron chi connectivity index (χ0n) is 15.5. The number of aromatic nitrogens is 2. The van der Waals surface area contributed by atoms with Crippen molar-refractivity contribution in [3.05, 3.63) is 58.7 Å². The average molecular weight is 366 g/mol. The summed E-state index contributed by atoms with van der Waals surface area (Å²) in [6.07, 6.45) is -0.883. The third-order valence-electron chi connectivity index (χ3n) is 5.56. The summed E-state index contributed by atoms with van der Waals surface area (Å²) in [4.78, 5) is 30.2. The maximum Gasteiger partial charge on any atom is 0.227 e. The van der Waals surface area contributed by atoms with E-state index in [-0.39, 0.29) is 5.91 Å². The van der Waals surface area contributed by atoms with E-state index in [4.69, 9.17) is 0 Å². The second-order valence-electron chi connectivity index (χ2n) is 7.01. The Balaban J connectivity index is 1.89. The van der Waals surface area contributed by atoms with Crippen LogP contribution >= 0.6 is 0 Å². The Kier molecular flexibility index (Phi) is 4.11. The largest absolute Gasteiger partial charge is 0.382 e. The second kappa shape index (κ2) is 6.35. The molecule has 0 radical (unpaired) electrons. The molecule has 2 heterocycles. The number of hydrogen-bond acceptors (Lipinski definition) is 5. The first-order chi connectivity index (χ1) is 12.9. The number of rotatable bonds is 2. The van der Waals surface area contributed by atoms with Gasteiger partial charge in [-0.15, -0.1) is 0 Å². The highest BCUT2D eigenvalue weighted by atomic mass is 16.3. The monoisotopic (exact) mass is 366 g/mol. The lowest BCUT2D eigenvalue weighted by atomic mass is 9.77. The topological polar surface area (TPSA) is 96.2 Å². The van der Waals surface area contributed by atoms with Crippen LogP contribution in [0, 0.1) is 12.8 Å². The lowest BCUT2D eigenvalue weighted by molar-refractivity contribution is -0.130. The molecule has 2 aromatic rings. The molecule has 27 heavy (non-hydrogen) atoms. The summed E-state index contributed by atoms with van der Waals surface area (Å²) in [5, 5.41) is 16.7. The molecule has 1 aliphatic carbocycles. The van der Waals surface area contributed by atoms with Crippen LogP contribution in [0.25, 0.3) is 5.70 Å². The first kappa shape index (κ1) is 17.5. The Morgan fingerprint density at radius 2 is 2.04 bits per heavy atom. The third-order valence-corrected chi connectivity index (χ3v) is 5.56. The highest BCUT2D eigenvalue weighted by molar-refractivity contribution is 6.11. The first-order valence-corrected chi connectivity index (χ1v) is 8.96. The first-order valence-electron chi connectivity index (χ1n) is 8.96. The Hall–Kier alpha value is -2.93. The van der Waals surface area contributed by atoms with Gasteiger partial charge in [0, 0.05) is 31.8 Å². The van der Waals surface area contributed by atoms with Gasteiger partial charge in [0.2, 0.25) is 5.91 Å². The van der Waals surface area contributed by atoms with E-state index in [1.807, 2.05) is 48.9 Å². The molecular formula is C20H22N4O3. The molecule has 3 atom stereocenters. The van der Waals surface area contributed by atoms with Crippen LogP contribution in [0.2, 0.25) is 0 Å². The molecule has 140 valence electrons. The lowest BCUT2D eigenvalue weighted by Crippen LogP contribution is -2.48. The molecular weight excluding hydrogens is 344 g/mol. The van der Waals surface area contributed by atoms with Crippen LogP contribution in [0.1, 0.15) is 28.8 Å². The molecule has 2 aliphatic rings. The van der Waals surface area contributed by atoms with Crippen LogP contribution < -0.4 is 10.6 Å². The Morgan fingerprint density at radius 1 is 1.33 bits per heavy atom. The van der Waals surface area contributed by atoms with Gasteiger partial charge in [0.1, 0.15) is 17.6 Å². The average Bonchev–Trinajstić information content (AvgIpc) is 2.98. The van der Waals surface area contributed by atoms with Gasteiger partial charge in [0.15, 0.2) is 5.78 Å². The molecule has 0 saturated heterocycles. The molecule has 1 aliphatic heterocycles. The van der Waals surface area contributed by atoms with Gasteiger partial charge in [-0.1, -0.05) is 30.3 Å². The Labute approximate surface area is 157 Å². The number of aliphatic hydroxyl groups is 1. The lowest BCUT2D eigenvalue weighted by Gasteiger charge is -2.37. The molecule has 1 aromatic heterocycles. The number of nitrogens with one attached hydrogen (secondary N) is 2. The van der Waals surface area contributed by atoms with E-state index in [1.54, 1.807) is 7.05 Å². The van der Waals surface area contributed by atoms with Crippen LogP contribution in [0.5, 0.6) is 0 Å². The van der Waals surface area contributed by atoms with Crippen LogP contribution in [-0.4, -0.2) is 39.5 Å². The van der Waals surface area contributed by atoms with Crippen molar-refractivity contribution >= 4 is 17.4 Å². The van der Waals surface area contributed by atoms with Gasteiger partial charge in [-0.2, -0.15) is 0 Å². The van der Waals surface area contributed by atoms with Gasteiger partial charge in [0.25, 0.3) is 0 Å². The van der Waals surface area contributed by atoms with Crippen LogP contribution in [0.15, 0.2) is 35.9 Å². The summed E-state index contributed by atoms with van der Waals surface area (Å²) >= 11 is 0. The number of carbonyl (C=O) groups is 2. The van der Waals surface area contributed by atoms with Crippen LogP contribution in [0.3, 0.4) is 0 Å².